The first kappa shape index (κ1) is 15.4. The van der Waals surface area contributed by atoms with E-state index in [1.54, 1.807) is 0 Å². The topological polar surface area (TPSA) is 58.4 Å². The third kappa shape index (κ3) is 3.89. The summed E-state index contributed by atoms with van der Waals surface area (Å²) in [6.45, 7) is 3.54. The van der Waals surface area contributed by atoms with Crippen LogP contribution in [-0.4, -0.2) is 25.5 Å². The number of hydrogen-bond acceptors (Lipinski definition) is 3. The molecular formula is C13H19F2N3O. The smallest absolute Gasteiger partial charge is 0.239 e. The van der Waals surface area contributed by atoms with Gasteiger partial charge in [0.1, 0.15) is 0 Å². The summed E-state index contributed by atoms with van der Waals surface area (Å²) in [7, 11) is 1.53. The standard InChI is InChI=1S/C13H19F2N3O/c1-8(2)17-11(19)7-18(3)10-5-4-9(6-16)12(14)13(10)15/h4-5,8H,6-7,16H2,1-3H3,(H,17,19). The molecule has 0 atom stereocenters. The second-order valence-electron chi connectivity index (χ2n) is 4.65. The summed E-state index contributed by atoms with van der Waals surface area (Å²) >= 11 is 0. The van der Waals surface area contributed by atoms with Gasteiger partial charge in [0.15, 0.2) is 11.6 Å². The van der Waals surface area contributed by atoms with Crippen molar-refractivity contribution in [3.63, 3.8) is 0 Å². The molecule has 0 fully saturated rings. The van der Waals surface area contributed by atoms with Crippen LogP contribution in [0.4, 0.5) is 14.5 Å². The number of anilines is 1. The van der Waals surface area contributed by atoms with Gasteiger partial charge in [-0.25, -0.2) is 8.78 Å². The molecule has 1 aromatic carbocycles. The van der Waals surface area contributed by atoms with Crippen molar-refractivity contribution < 1.29 is 13.6 Å². The van der Waals surface area contributed by atoms with E-state index in [0.717, 1.165) is 0 Å². The van der Waals surface area contributed by atoms with E-state index < -0.39 is 11.6 Å². The lowest BCUT2D eigenvalue weighted by molar-refractivity contribution is -0.120. The number of amides is 1. The Morgan fingerprint density at radius 3 is 2.53 bits per heavy atom. The van der Waals surface area contributed by atoms with Gasteiger partial charge in [0.05, 0.1) is 12.2 Å². The predicted molar refractivity (Wildman–Crippen MR) is 70.8 cm³/mol. The highest BCUT2D eigenvalue weighted by molar-refractivity contribution is 5.81. The van der Waals surface area contributed by atoms with Gasteiger partial charge in [-0.2, -0.15) is 0 Å². The van der Waals surface area contributed by atoms with Crippen LogP contribution in [0.1, 0.15) is 19.4 Å². The van der Waals surface area contributed by atoms with Gasteiger partial charge in [0.2, 0.25) is 5.91 Å². The number of nitrogens with zero attached hydrogens (tertiary/aromatic N) is 1. The first-order valence-electron chi connectivity index (χ1n) is 6.04. The summed E-state index contributed by atoms with van der Waals surface area (Å²) in [6, 6.07) is 2.84. The molecular weight excluding hydrogens is 252 g/mol. The summed E-state index contributed by atoms with van der Waals surface area (Å²) in [5.74, 6) is -2.20. The summed E-state index contributed by atoms with van der Waals surface area (Å²) in [5.41, 5.74) is 5.44. The van der Waals surface area contributed by atoms with Gasteiger partial charge in [-0.05, 0) is 19.9 Å². The van der Waals surface area contributed by atoms with Gasteiger partial charge in [-0.1, -0.05) is 6.07 Å². The lowest BCUT2D eigenvalue weighted by atomic mass is 10.1. The van der Waals surface area contributed by atoms with Crippen molar-refractivity contribution in [3.8, 4) is 0 Å². The molecule has 1 amide bonds. The first-order valence-corrected chi connectivity index (χ1v) is 6.04. The molecule has 3 N–H and O–H groups in total. The van der Waals surface area contributed by atoms with Crippen LogP contribution in [0.3, 0.4) is 0 Å². The third-order valence-corrected chi connectivity index (χ3v) is 2.60. The normalized spacial score (nSPS) is 10.7. The number of rotatable bonds is 5. The molecule has 0 heterocycles. The van der Waals surface area contributed by atoms with Crippen molar-refractivity contribution in [2.45, 2.75) is 26.4 Å². The van der Waals surface area contributed by atoms with Gasteiger partial charge in [0.25, 0.3) is 0 Å². The van der Waals surface area contributed by atoms with Crippen molar-refractivity contribution in [3.05, 3.63) is 29.3 Å². The van der Waals surface area contributed by atoms with Crippen LogP contribution in [-0.2, 0) is 11.3 Å². The van der Waals surface area contributed by atoms with Gasteiger partial charge >= 0.3 is 0 Å². The molecule has 0 aliphatic rings. The van der Waals surface area contributed by atoms with Crippen LogP contribution in [0, 0.1) is 11.6 Å². The number of halogens is 2. The maximum Gasteiger partial charge on any atom is 0.239 e. The molecule has 0 aromatic heterocycles. The Kier molecular flexibility index (Phi) is 5.23. The highest BCUT2D eigenvalue weighted by Gasteiger charge is 2.17. The maximum atomic E-state index is 13.8. The van der Waals surface area contributed by atoms with E-state index in [0.29, 0.717) is 0 Å². The largest absolute Gasteiger partial charge is 0.363 e. The summed E-state index contributed by atoms with van der Waals surface area (Å²) in [6.07, 6.45) is 0. The minimum Gasteiger partial charge on any atom is -0.363 e. The summed E-state index contributed by atoms with van der Waals surface area (Å²) < 4.78 is 27.4. The van der Waals surface area contributed by atoms with Crippen LogP contribution in [0.25, 0.3) is 0 Å². The van der Waals surface area contributed by atoms with E-state index in [-0.39, 0.29) is 36.3 Å². The molecule has 19 heavy (non-hydrogen) atoms. The van der Waals surface area contributed by atoms with Crippen LogP contribution in [0.2, 0.25) is 0 Å². The zero-order valence-electron chi connectivity index (χ0n) is 11.3. The van der Waals surface area contributed by atoms with E-state index in [2.05, 4.69) is 5.32 Å². The molecule has 6 heteroatoms. The molecule has 0 saturated carbocycles. The summed E-state index contributed by atoms with van der Waals surface area (Å²) in [4.78, 5) is 12.9. The number of carbonyl (C=O) groups excluding carboxylic acids is 1. The van der Waals surface area contributed by atoms with E-state index in [1.807, 2.05) is 13.8 Å². The number of benzene rings is 1. The highest BCUT2D eigenvalue weighted by atomic mass is 19.2. The van der Waals surface area contributed by atoms with Crippen molar-refractivity contribution in [1.82, 2.24) is 5.32 Å². The molecule has 0 aliphatic heterocycles. The number of likely N-dealkylation sites (N-methyl/N-ethyl adjacent to an activating group) is 1. The monoisotopic (exact) mass is 271 g/mol. The Labute approximate surface area is 111 Å². The van der Waals surface area contributed by atoms with Crippen molar-refractivity contribution in [2.75, 3.05) is 18.5 Å². The lowest BCUT2D eigenvalue weighted by Crippen LogP contribution is -2.38. The fraction of sp³-hybridized carbons (Fsp3) is 0.462. The Balaban J connectivity index is 2.86. The average molecular weight is 271 g/mol. The van der Waals surface area contributed by atoms with E-state index in [4.69, 9.17) is 5.73 Å². The second kappa shape index (κ2) is 6.47. The van der Waals surface area contributed by atoms with E-state index in [9.17, 15) is 13.6 Å². The minimum atomic E-state index is -0.984. The Bertz CT molecular complexity index is 463. The SMILES string of the molecule is CC(C)NC(=O)CN(C)c1ccc(CN)c(F)c1F. The second-order valence-corrected chi connectivity index (χ2v) is 4.65. The molecule has 1 rings (SSSR count). The fourth-order valence-corrected chi connectivity index (χ4v) is 1.70. The van der Waals surface area contributed by atoms with Gasteiger partial charge in [-0.15, -0.1) is 0 Å². The molecule has 1 aromatic rings. The summed E-state index contributed by atoms with van der Waals surface area (Å²) in [5, 5.41) is 2.68. The Hall–Kier alpha value is -1.69. The Morgan fingerprint density at radius 2 is 2.00 bits per heavy atom. The molecule has 106 valence electrons. The van der Waals surface area contributed by atoms with Gasteiger partial charge < -0.3 is 16.0 Å². The molecule has 0 unspecified atom stereocenters. The fourth-order valence-electron chi connectivity index (χ4n) is 1.70. The van der Waals surface area contributed by atoms with Gasteiger partial charge in [0, 0.05) is 25.2 Å². The quantitative estimate of drug-likeness (QED) is 0.850. The average Bonchev–Trinajstić information content (AvgIpc) is 2.31. The lowest BCUT2D eigenvalue weighted by Gasteiger charge is -2.21. The van der Waals surface area contributed by atoms with Crippen LogP contribution < -0.4 is 16.0 Å². The molecule has 0 saturated heterocycles. The third-order valence-electron chi connectivity index (χ3n) is 2.60. The molecule has 0 aliphatic carbocycles. The molecule has 0 radical (unpaired) electrons. The van der Waals surface area contributed by atoms with Crippen molar-refractivity contribution in [2.24, 2.45) is 5.73 Å². The highest BCUT2D eigenvalue weighted by Crippen LogP contribution is 2.23. The van der Waals surface area contributed by atoms with Crippen LogP contribution in [0.5, 0.6) is 0 Å². The predicted octanol–water partition coefficient (Wildman–Crippen LogP) is 1.38. The zero-order chi connectivity index (χ0) is 14.6. The number of nitrogens with two attached hydrogens (primary N) is 1. The number of carbonyl (C=O) groups is 1. The zero-order valence-corrected chi connectivity index (χ0v) is 11.3. The number of hydrogen-bond donors (Lipinski definition) is 2. The minimum absolute atomic E-state index is 0.00194. The molecule has 0 spiro atoms. The molecule has 0 bridgehead atoms. The maximum absolute atomic E-state index is 13.8. The Morgan fingerprint density at radius 1 is 1.37 bits per heavy atom. The van der Waals surface area contributed by atoms with Crippen LogP contribution in [0.15, 0.2) is 12.1 Å². The van der Waals surface area contributed by atoms with Crippen molar-refractivity contribution >= 4 is 11.6 Å². The number of nitrogens with one attached hydrogen (secondary N) is 1. The van der Waals surface area contributed by atoms with E-state index >= 15 is 0 Å². The van der Waals surface area contributed by atoms with Crippen molar-refractivity contribution in [1.29, 1.82) is 0 Å². The van der Waals surface area contributed by atoms with Gasteiger partial charge in [-0.3, -0.25) is 4.79 Å². The van der Waals surface area contributed by atoms with Crippen LogP contribution >= 0.6 is 0 Å². The molecule has 4 nitrogen and oxygen atoms in total. The first-order chi connectivity index (χ1) is 8.86. The van der Waals surface area contributed by atoms with E-state index in [1.165, 1.54) is 24.1 Å².